The molecule has 1 aromatic carbocycles. The number of nitrogens with zero attached hydrogens (tertiary/aromatic N) is 3. The minimum atomic E-state index is 0.0145. The molecule has 1 amide bonds. The average molecular weight is 336 g/mol. The Morgan fingerprint density at radius 1 is 1.32 bits per heavy atom. The number of hydrogen-bond donors (Lipinski definition) is 1. The summed E-state index contributed by atoms with van der Waals surface area (Å²) in [5.41, 5.74) is 1.19. The number of amides is 1. The molecule has 1 heterocycles. The molecule has 7 heteroatoms. The molecule has 0 fully saturated rings. The maximum absolute atomic E-state index is 12.0. The highest BCUT2D eigenvalue weighted by atomic mass is 32.2. The SMILES string of the molecule is Cc1nnc(SCC(=O)NC[C@H](c2ccccc2)N(C)C)s1. The Bertz CT molecular complexity index is 601. The van der Waals surface area contributed by atoms with Crippen LogP contribution in [0.2, 0.25) is 0 Å². The van der Waals surface area contributed by atoms with Crippen LogP contribution < -0.4 is 5.32 Å². The quantitative estimate of drug-likeness (QED) is 0.787. The van der Waals surface area contributed by atoms with Crippen LogP contribution in [0.5, 0.6) is 0 Å². The Kier molecular flexibility index (Phi) is 6.35. The summed E-state index contributed by atoms with van der Waals surface area (Å²) in [5.74, 6) is 0.379. The Morgan fingerprint density at radius 3 is 2.64 bits per heavy atom. The van der Waals surface area contributed by atoms with Crippen molar-refractivity contribution in [1.82, 2.24) is 20.4 Å². The number of rotatable bonds is 7. The topological polar surface area (TPSA) is 58.1 Å². The highest BCUT2D eigenvalue weighted by Crippen LogP contribution is 2.21. The van der Waals surface area contributed by atoms with Gasteiger partial charge in [0.2, 0.25) is 5.91 Å². The molecule has 0 saturated heterocycles. The van der Waals surface area contributed by atoms with E-state index in [0.717, 1.165) is 9.35 Å². The van der Waals surface area contributed by atoms with Crippen molar-refractivity contribution in [2.45, 2.75) is 17.3 Å². The zero-order chi connectivity index (χ0) is 15.9. The lowest BCUT2D eigenvalue weighted by atomic mass is 10.1. The number of hydrogen-bond acceptors (Lipinski definition) is 6. The van der Waals surface area contributed by atoms with Gasteiger partial charge in [-0.25, -0.2) is 0 Å². The van der Waals surface area contributed by atoms with Gasteiger partial charge in [-0.05, 0) is 26.6 Å². The van der Waals surface area contributed by atoms with Crippen LogP contribution in [0.15, 0.2) is 34.7 Å². The van der Waals surface area contributed by atoms with Crippen LogP contribution in [-0.4, -0.2) is 47.4 Å². The van der Waals surface area contributed by atoms with E-state index in [-0.39, 0.29) is 11.9 Å². The summed E-state index contributed by atoms with van der Waals surface area (Å²) in [6.07, 6.45) is 0. The number of aromatic nitrogens is 2. The van der Waals surface area contributed by atoms with Crippen molar-refractivity contribution in [3.05, 3.63) is 40.9 Å². The molecular formula is C15H20N4OS2. The van der Waals surface area contributed by atoms with Gasteiger partial charge in [-0.1, -0.05) is 53.4 Å². The molecular weight excluding hydrogens is 316 g/mol. The summed E-state index contributed by atoms with van der Waals surface area (Å²) < 4.78 is 0.833. The van der Waals surface area contributed by atoms with Crippen LogP contribution in [0.25, 0.3) is 0 Å². The Balaban J connectivity index is 1.83. The second-order valence-electron chi connectivity index (χ2n) is 5.07. The van der Waals surface area contributed by atoms with E-state index in [1.54, 1.807) is 0 Å². The van der Waals surface area contributed by atoms with Crippen LogP contribution >= 0.6 is 23.1 Å². The minimum absolute atomic E-state index is 0.0145. The van der Waals surface area contributed by atoms with E-state index in [1.165, 1.54) is 28.7 Å². The molecule has 1 N–H and O–H groups in total. The molecule has 2 rings (SSSR count). The molecule has 1 atom stereocenters. The van der Waals surface area contributed by atoms with Crippen molar-refractivity contribution in [3.63, 3.8) is 0 Å². The fourth-order valence-corrected chi connectivity index (χ4v) is 3.64. The van der Waals surface area contributed by atoms with Crippen molar-refractivity contribution in [3.8, 4) is 0 Å². The first kappa shape index (κ1) is 16.9. The van der Waals surface area contributed by atoms with Crippen LogP contribution in [0.4, 0.5) is 0 Å². The van der Waals surface area contributed by atoms with Gasteiger partial charge >= 0.3 is 0 Å². The first-order chi connectivity index (χ1) is 10.6. The van der Waals surface area contributed by atoms with E-state index in [0.29, 0.717) is 12.3 Å². The van der Waals surface area contributed by atoms with Gasteiger partial charge in [0.25, 0.3) is 0 Å². The summed E-state index contributed by atoms with van der Waals surface area (Å²) >= 11 is 2.93. The molecule has 5 nitrogen and oxygen atoms in total. The molecule has 22 heavy (non-hydrogen) atoms. The maximum Gasteiger partial charge on any atom is 0.230 e. The first-order valence-corrected chi connectivity index (χ1v) is 8.77. The van der Waals surface area contributed by atoms with E-state index in [2.05, 4.69) is 32.5 Å². The van der Waals surface area contributed by atoms with Gasteiger partial charge < -0.3 is 10.2 Å². The number of aryl methyl sites for hydroxylation is 1. The van der Waals surface area contributed by atoms with E-state index >= 15 is 0 Å². The van der Waals surface area contributed by atoms with Gasteiger partial charge in [0.1, 0.15) is 5.01 Å². The lowest BCUT2D eigenvalue weighted by Crippen LogP contribution is -2.35. The number of carbonyl (C=O) groups is 1. The lowest BCUT2D eigenvalue weighted by molar-refractivity contribution is -0.118. The minimum Gasteiger partial charge on any atom is -0.353 e. The van der Waals surface area contributed by atoms with Gasteiger partial charge in [0.15, 0.2) is 4.34 Å². The van der Waals surface area contributed by atoms with Gasteiger partial charge in [0.05, 0.1) is 11.8 Å². The zero-order valence-electron chi connectivity index (χ0n) is 12.9. The van der Waals surface area contributed by atoms with Crippen molar-refractivity contribution in [2.24, 2.45) is 0 Å². The van der Waals surface area contributed by atoms with E-state index in [1.807, 2.05) is 39.2 Å². The van der Waals surface area contributed by atoms with Crippen LogP contribution in [0.1, 0.15) is 16.6 Å². The predicted octanol–water partition coefficient (Wildman–Crippen LogP) is 2.36. The second-order valence-corrected chi connectivity index (χ2v) is 7.47. The van der Waals surface area contributed by atoms with E-state index < -0.39 is 0 Å². The molecule has 118 valence electrons. The number of thioether (sulfide) groups is 1. The summed E-state index contributed by atoms with van der Waals surface area (Å²) in [7, 11) is 4.03. The predicted molar refractivity (Wildman–Crippen MR) is 91.2 cm³/mol. The molecule has 0 aliphatic rings. The molecule has 0 saturated carbocycles. The van der Waals surface area contributed by atoms with Gasteiger partial charge in [-0.15, -0.1) is 10.2 Å². The normalized spacial score (nSPS) is 12.4. The molecule has 2 aromatic rings. The standard InChI is InChI=1S/C15H20N4OS2/c1-11-17-18-15(22-11)21-10-14(20)16-9-13(19(2)3)12-7-5-4-6-8-12/h4-8,13H,9-10H2,1-3H3,(H,16,20)/t13-/m1/s1. The van der Waals surface area contributed by atoms with Crippen LogP contribution in [0.3, 0.4) is 0 Å². The van der Waals surface area contributed by atoms with E-state index in [9.17, 15) is 4.79 Å². The smallest absolute Gasteiger partial charge is 0.230 e. The summed E-state index contributed by atoms with van der Waals surface area (Å²) in [4.78, 5) is 14.1. The van der Waals surface area contributed by atoms with E-state index in [4.69, 9.17) is 0 Å². The molecule has 0 radical (unpaired) electrons. The zero-order valence-corrected chi connectivity index (χ0v) is 14.6. The number of benzene rings is 1. The first-order valence-electron chi connectivity index (χ1n) is 6.97. The van der Waals surface area contributed by atoms with Crippen molar-refractivity contribution in [1.29, 1.82) is 0 Å². The molecule has 0 unspecified atom stereocenters. The highest BCUT2D eigenvalue weighted by molar-refractivity contribution is 8.01. The molecule has 0 bridgehead atoms. The number of likely N-dealkylation sites (N-methyl/N-ethyl adjacent to an activating group) is 1. The monoisotopic (exact) mass is 336 g/mol. The van der Waals surface area contributed by atoms with Gasteiger partial charge in [0, 0.05) is 6.54 Å². The highest BCUT2D eigenvalue weighted by Gasteiger charge is 2.15. The number of carbonyl (C=O) groups excluding carboxylic acids is 1. The van der Waals surface area contributed by atoms with Gasteiger partial charge in [-0.2, -0.15) is 0 Å². The Hall–Kier alpha value is -1.44. The second kappa shape index (κ2) is 8.26. The third-order valence-electron chi connectivity index (χ3n) is 3.13. The van der Waals surface area contributed by atoms with Gasteiger partial charge in [-0.3, -0.25) is 4.79 Å². The maximum atomic E-state index is 12.0. The van der Waals surface area contributed by atoms with Crippen LogP contribution in [0, 0.1) is 6.92 Å². The molecule has 0 spiro atoms. The Morgan fingerprint density at radius 2 is 2.05 bits per heavy atom. The molecule has 0 aliphatic carbocycles. The Labute approximate surface area is 139 Å². The third kappa shape index (κ3) is 5.08. The van der Waals surface area contributed by atoms with Crippen LogP contribution in [-0.2, 0) is 4.79 Å². The van der Waals surface area contributed by atoms with Crippen molar-refractivity contribution in [2.75, 3.05) is 26.4 Å². The molecule has 1 aromatic heterocycles. The summed E-state index contributed by atoms with van der Waals surface area (Å²) in [6, 6.07) is 10.3. The fraction of sp³-hybridized carbons (Fsp3) is 0.400. The number of nitrogens with one attached hydrogen (secondary N) is 1. The summed E-state index contributed by atoms with van der Waals surface area (Å²) in [6.45, 7) is 2.49. The average Bonchev–Trinajstić information content (AvgIpc) is 2.92. The lowest BCUT2D eigenvalue weighted by Gasteiger charge is -2.25. The molecule has 0 aliphatic heterocycles. The fourth-order valence-electron chi connectivity index (χ4n) is 2.00. The third-order valence-corrected chi connectivity index (χ3v) is 5.11. The van der Waals surface area contributed by atoms with Crippen molar-refractivity contribution >= 4 is 29.0 Å². The van der Waals surface area contributed by atoms with Crippen molar-refractivity contribution < 1.29 is 4.79 Å². The summed E-state index contributed by atoms with van der Waals surface area (Å²) in [5, 5.41) is 11.9. The largest absolute Gasteiger partial charge is 0.353 e.